The summed E-state index contributed by atoms with van der Waals surface area (Å²) >= 11 is 1.61. The SMILES string of the molecule is CCC1CCC2(CC1)NC(=O)N(CC(=O)N1CCCC1c1nc3ccccc3s1)C2=O. The average molecular weight is 441 g/mol. The summed E-state index contributed by atoms with van der Waals surface area (Å²) < 4.78 is 1.11. The van der Waals surface area contributed by atoms with Gasteiger partial charge >= 0.3 is 6.03 Å². The smallest absolute Gasteiger partial charge is 0.325 e. The van der Waals surface area contributed by atoms with E-state index in [2.05, 4.69) is 12.2 Å². The second-order valence-electron chi connectivity index (χ2n) is 9.02. The van der Waals surface area contributed by atoms with E-state index in [9.17, 15) is 14.4 Å². The summed E-state index contributed by atoms with van der Waals surface area (Å²) in [6, 6.07) is 7.46. The van der Waals surface area contributed by atoms with Gasteiger partial charge in [0.2, 0.25) is 5.91 Å². The lowest BCUT2D eigenvalue weighted by Crippen LogP contribution is -2.50. The van der Waals surface area contributed by atoms with Crippen LogP contribution in [0.4, 0.5) is 4.79 Å². The van der Waals surface area contributed by atoms with E-state index < -0.39 is 11.6 Å². The highest BCUT2D eigenvalue weighted by molar-refractivity contribution is 7.18. The highest BCUT2D eigenvalue weighted by Crippen LogP contribution is 2.39. The lowest BCUT2D eigenvalue weighted by molar-refractivity contribution is -0.140. The van der Waals surface area contributed by atoms with Crippen LogP contribution in [0, 0.1) is 5.92 Å². The molecule has 0 bridgehead atoms. The van der Waals surface area contributed by atoms with E-state index in [1.54, 1.807) is 16.2 Å². The Morgan fingerprint density at radius 3 is 2.74 bits per heavy atom. The number of para-hydroxylation sites is 1. The van der Waals surface area contributed by atoms with Crippen LogP contribution in [0.15, 0.2) is 24.3 Å². The van der Waals surface area contributed by atoms with Crippen LogP contribution < -0.4 is 5.32 Å². The minimum Gasteiger partial charge on any atom is -0.332 e. The third kappa shape index (κ3) is 3.50. The Morgan fingerprint density at radius 2 is 2.00 bits per heavy atom. The second kappa shape index (κ2) is 7.89. The van der Waals surface area contributed by atoms with Gasteiger partial charge in [0.25, 0.3) is 5.91 Å². The van der Waals surface area contributed by atoms with Crippen molar-refractivity contribution in [2.45, 2.75) is 63.5 Å². The van der Waals surface area contributed by atoms with Crippen molar-refractivity contribution < 1.29 is 14.4 Å². The van der Waals surface area contributed by atoms with Crippen molar-refractivity contribution >= 4 is 39.4 Å². The molecule has 164 valence electrons. The van der Waals surface area contributed by atoms with Gasteiger partial charge in [-0.3, -0.25) is 14.5 Å². The number of thiazole rings is 1. The average Bonchev–Trinajstić information content (AvgIpc) is 3.48. The van der Waals surface area contributed by atoms with Gasteiger partial charge in [0.05, 0.1) is 16.3 Å². The molecule has 2 aromatic rings. The van der Waals surface area contributed by atoms with Crippen LogP contribution in [0.1, 0.15) is 62.9 Å². The van der Waals surface area contributed by atoms with Crippen LogP contribution >= 0.6 is 11.3 Å². The summed E-state index contributed by atoms with van der Waals surface area (Å²) in [6.07, 6.45) is 6.06. The molecule has 5 rings (SSSR count). The summed E-state index contributed by atoms with van der Waals surface area (Å²) in [5.41, 5.74) is 0.140. The molecule has 1 atom stereocenters. The molecule has 7 nitrogen and oxygen atoms in total. The van der Waals surface area contributed by atoms with E-state index >= 15 is 0 Å². The van der Waals surface area contributed by atoms with Crippen molar-refractivity contribution in [1.29, 1.82) is 0 Å². The monoisotopic (exact) mass is 440 g/mol. The fourth-order valence-electron chi connectivity index (χ4n) is 5.32. The fraction of sp³-hybridized carbons (Fsp3) is 0.565. The Hall–Kier alpha value is -2.48. The number of fused-ring (bicyclic) bond motifs is 1. The van der Waals surface area contributed by atoms with E-state index in [-0.39, 0.29) is 24.4 Å². The number of rotatable bonds is 4. The molecule has 3 fully saturated rings. The Balaban J connectivity index is 1.30. The lowest BCUT2D eigenvalue weighted by atomic mass is 9.75. The zero-order chi connectivity index (χ0) is 21.6. The number of carbonyl (C=O) groups is 3. The van der Waals surface area contributed by atoms with Crippen LogP contribution in [0.5, 0.6) is 0 Å². The summed E-state index contributed by atoms with van der Waals surface area (Å²) in [5.74, 6) is 0.214. The maximum Gasteiger partial charge on any atom is 0.325 e. The maximum absolute atomic E-state index is 13.2. The quantitative estimate of drug-likeness (QED) is 0.732. The molecule has 1 saturated carbocycles. The number of benzene rings is 1. The number of amides is 4. The number of likely N-dealkylation sites (tertiary alicyclic amines) is 1. The zero-order valence-electron chi connectivity index (χ0n) is 17.8. The van der Waals surface area contributed by atoms with E-state index in [0.29, 0.717) is 25.3 Å². The third-order valence-corrected chi connectivity index (χ3v) is 8.38. The van der Waals surface area contributed by atoms with Crippen LogP contribution in [-0.4, -0.2) is 51.3 Å². The van der Waals surface area contributed by atoms with E-state index in [4.69, 9.17) is 4.98 Å². The van der Waals surface area contributed by atoms with Crippen LogP contribution in [0.2, 0.25) is 0 Å². The van der Waals surface area contributed by atoms with Gasteiger partial charge in [-0.25, -0.2) is 9.78 Å². The van der Waals surface area contributed by atoms with Gasteiger partial charge in [0, 0.05) is 6.54 Å². The second-order valence-corrected chi connectivity index (χ2v) is 10.1. The molecule has 1 unspecified atom stereocenters. The summed E-state index contributed by atoms with van der Waals surface area (Å²) in [6.45, 7) is 2.61. The van der Waals surface area contributed by atoms with Crippen molar-refractivity contribution in [2.75, 3.05) is 13.1 Å². The molecule has 3 heterocycles. The van der Waals surface area contributed by atoms with Gasteiger partial charge in [0.15, 0.2) is 0 Å². The molecule has 1 aliphatic carbocycles. The summed E-state index contributed by atoms with van der Waals surface area (Å²) in [7, 11) is 0. The van der Waals surface area contributed by atoms with Crippen molar-refractivity contribution in [3.8, 4) is 0 Å². The Morgan fingerprint density at radius 1 is 1.23 bits per heavy atom. The van der Waals surface area contributed by atoms with Crippen LogP contribution in [-0.2, 0) is 9.59 Å². The molecule has 1 aromatic carbocycles. The molecule has 2 aliphatic heterocycles. The number of nitrogens with one attached hydrogen (secondary N) is 1. The predicted octanol–water partition coefficient (Wildman–Crippen LogP) is 3.85. The molecule has 4 amide bonds. The van der Waals surface area contributed by atoms with Crippen molar-refractivity contribution in [3.05, 3.63) is 29.3 Å². The molecule has 1 N–H and O–H groups in total. The molecule has 0 radical (unpaired) electrons. The molecular weight excluding hydrogens is 412 g/mol. The van der Waals surface area contributed by atoms with Gasteiger partial charge < -0.3 is 10.2 Å². The van der Waals surface area contributed by atoms with Crippen molar-refractivity contribution in [3.63, 3.8) is 0 Å². The fourth-order valence-corrected chi connectivity index (χ4v) is 6.43. The largest absolute Gasteiger partial charge is 0.332 e. The number of nitrogens with zero attached hydrogens (tertiary/aromatic N) is 3. The Labute approximate surface area is 185 Å². The summed E-state index contributed by atoms with van der Waals surface area (Å²) in [4.78, 5) is 46.7. The number of imide groups is 1. The topological polar surface area (TPSA) is 82.6 Å². The predicted molar refractivity (Wildman–Crippen MR) is 119 cm³/mol. The Kier molecular flexibility index (Phi) is 5.20. The number of hydrogen-bond donors (Lipinski definition) is 1. The molecule has 3 aliphatic rings. The Bertz CT molecular complexity index is 994. The number of aromatic nitrogens is 1. The van der Waals surface area contributed by atoms with E-state index in [1.165, 1.54) is 0 Å². The molecule has 2 saturated heterocycles. The minimum absolute atomic E-state index is 0.0837. The lowest BCUT2D eigenvalue weighted by Gasteiger charge is -2.34. The molecule has 31 heavy (non-hydrogen) atoms. The van der Waals surface area contributed by atoms with Gasteiger partial charge in [-0.05, 0) is 56.6 Å². The van der Waals surface area contributed by atoms with E-state index in [1.807, 2.05) is 24.3 Å². The van der Waals surface area contributed by atoms with Gasteiger partial charge in [-0.1, -0.05) is 25.5 Å². The standard InChI is InChI=1S/C23H28N4O3S/c1-2-15-9-11-23(12-10-15)21(29)27(22(30)25-23)14-19(28)26-13-5-7-17(26)20-24-16-6-3-4-8-18(16)31-20/h3-4,6,8,15,17H,2,5,7,9-14H2,1H3,(H,25,30). The van der Waals surface area contributed by atoms with Crippen LogP contribution in [0.25, 0.3) is 10.2 Å². The first-order chi connectivity index (χ1) is 15.0. The molecule has 1 spiro atoms. The molecular formula is C23H28N4O3S. The molecule has 8 heteroatoms. The first-order valence-electron chi connectivity index (χ1n) is 11.3. The number of hydrogen-bond acceptors (Lipinski definition) is 5. The molecule has 1 aromatic heterocycles. The third-order valence-electron chi connectivity index (χ3n) is 7.24. The van der Waals surface area contributed by atoms with Gasteiger partial charge in [-0.2, -0.15) is 0 Å². The summed E-state index contributed by atoms with van der Waals surface area (Å²) in [5, 5.41) is 3.86. The number of carbonyl (C=O) groups excluding carboxylic acids is 3. The van der Waals surface area contributed by atoms with E-state index in [0.717, 1.165) is 52.2 Å². The van der Waals surface area contributed by atoms with Gasteiger partial charge in [0.1, 0.15) is 17.1 Å². The zero-order valence-corrected chi connectivity index (χ0v) is 18.6. The maximum atomic E-state index is 13.2. The number of urea groups is 1. The minimum atomic E-state index is -0.805. The van der Waals surface area contributed by atoms with Gasteiger partial charge in [-0.15, -0.1) is 11.3 Å². The first-order valence-corrected chi connectivity index (χ1v) is 12.1. The van der Waals surface area contributed by atoms with Crippen LogP contribution in [0.3, 0.4) is 0 Å². The highest BCUT2D eigenvalue weighted by atomic mass is 32.1. The van der Waals surface area contributed by atoms with Crippen molar-refractivity contribution in [1.82, 2.24) is 20.1 Å². The normalized spacial score (nSPS) is 28.7. The first kappa shape index (κ1) is 20.4. The van der Waals surface area contributed by atoms with Crippen molar-refractivity contribution in [2.24, 2.45) is 5.92 Å². The highest BCUT2D eigenvalue weighted by Gasteiger charge is 2.53.